The van der Waals surface area contributed by atoms with E-state index in [1.807, 2.05) is 30.0 Å². The van der Waals surface area contributed by atoms with Crippen LogP contribution in [0.4, 0.5) is 4.79 Å². The highest BCUT2D eigenvalue weighted by molar-refractivity contribution is 8.00. The van der Waals surface area contributed by atoms with E-state index in [1.165, 1.54) is 11.3 Å². The standard InChI is InChI=1S/C23H28N4O2S/c28-20(11-5-4-10-19-21-17(15-30-19)24-23(29)25-21)27-14-13-26-12-6-9-18(26)22(27)16-7-2-1-3-8-16/h1-3,6-9,12,17,19,21-22H,4-5,10-11,13-15H2,(H2,24,25,29)/t17-,19-,21-,22-/m0/s1. The topological polar surface area (TPSA) is 66.4 Å². The number of unbranched alkanes of at least 4 members (excludes halogenated alkanes) is 1. The lowest BCUT2D eigenvalue weighted by Crippen LogP contribution is -2.42. The molecular formula is C23H28N4O2S. The molecule has 4 heterocycles. The molecule has 4 atom stereocenters. The smallest absolute Gasteiger partial charge is 0.315 e. The molecule has 2 saturated heterocycles. The Morgan fingerprint density at radius 2 is 1.93 bits per heavy atom. The highest BCUT2D eigenvalue weighted by atomic mass is 32.2. The van der Waals surface area contributed by atoms with Crippen molar-refractivity contribution < 1.29 is 9.59 Å². The fraction of sp³-hybridized carbons (Fsp3) is 0.478. The van der Waals surface area contributed by atoms with Gasteiger partial charge in [0.05, 0.1) is 18.1 Å². The van der Waals surface area contributed by atoms with Crippen LogP contribution in [0.3, 0.4) is 0 Å². The highest BCUT2D eigenvalue weighted by Gasteiger charge is 2.42. The molecule has 3 aliphatic rings. The second-order valence-electron chi connectivity index (χ2n) is 8.39. The first-order valence-electron chi connectivity index (χ1n) is 10.9. The Bertz CT molecular complexity index is 915. The summed E-state index contributed by atoms with van der Waals surface area (Å²) < 4.78 is 2.26. The van der Waals surface area contributed by atoms with E-state index in [9.17, 15) is 9.59 Å². The lowest BCUT2D eigenvalue weighted by molar-refractivity contribution is -0.134. The van der Waals surface area contributed by atoms with Crippen molar-refractivity contribution >= 4 is 23.7 Å². The van der Waals surface area contributed by atoms with E-state index >= 15 is 0 Å². The van der Waals surface area contributed by atoms with Crippen LogP contribution in [-0.4, -0.2) is 51.0 Å². The van der Waals surface area contributed by atoms with Gasteiger partial charge in [-0.05, 0) is 30.5 Å². The Morgan fingerprint density at radius 3 is 2.80 bits per heavy atom. The van der Waals surface area contributed by atoms with Crippen molar-refractivity contribution in [2.24, 2.45) is 0 Å². The lowest BCUT2D eigenvalue weighted by atomic mass is 9.98. The largest absolute Gasteiger partial charge is 0.348 e. The van der Waals surface area contributed by atoms with Gasteiger partial charge in [0.15, 0.2) is 0 Å². The van der Waals surface area contributed by atoms with Crippen LogP contribution in [0.15, 0.2) is 48.7 Å². The Balaban J connectivity index is 1.19. The van der Waals surface area contributed by atoms with Crippen LogP contribution in [0.2, 0.25) is 0 Å². The molecule has 0 saturated carbocycles. The van der Waals surface area contributed by atoms with Crippen LogP contribution in [0.5, 0.6) is 0 Å². The molecule has 3 amide bonds. The fourth-order valence-corrected chi connectivity index (χ4v) is 6.59. The Labute approximate surface area is 181 Å². The molecule has 2 aromatic rings. The molecule has 2 N–H and O–H groups in total. The maximum Gasteiger partial charge on any atom is 0.315 e. The van der Waals surface area contributed by atoms with Crippen molar-refractivity contribution in [3.05, 3.63) is 59.9 Å². The average Bonchev–Trinajstić information content (AvgIpc) is 3.47. The number of fused-ring (bicyclic) bond motifs is 2. The number of amides is 3. The number of hydrogen-bond acceptors (Lipinski definition) is 3. The summed E-state index contributed by atoms with van der Waals surface area (Å²) in [5, 5.41) is 6.50. The third kappa shape index (κ3) is 3.71. The van der Waals surface area contributed by atoms with E-state index in [1.54, 1.807) is 0 Å². The number of carbonyl (C=O) groups is 2. The van der Waals surface area contributed by atoms with Crippen LogP contribution >= 0.6 is 11.8 Å². The highest BCUT2D eigenvalue weighted by Crippen LogP contribution is 2.35. The average molecular weight is 425 g/mol. The Hall–Kier alpha value is -2.41. The quantitative estimate of drug-likeness (QED) is 0.553. The van der Waals surface area contributed by atoms with Gasteiger partial charge in [-0.3, -0.25) is 4.79 Å². The minimum absolute atomic E-state index is 0.00614. The molecule has 1 aromatic heterocycles. The Kier molecular flexibility index (Phi) is 5.46. The molecule has 0 bridgehead atoms. The van der Waals surface area contributed by atoms with E-state index in [0.717, 1.165) is 38.1 Å². The first kappa shape index (κ1) is 19.5. The first-order valence-corrected chi connectivity index (χ1v) is 11.9. The van der Waals surface area contributed by atoms with Gasteiger partial charge in [-0.25, -0.2) is 4.79 Å². The summed E-state index contributed by atoms with van der Waals surface area (Å²) in [5.74, 6) is 1.23. The molecule has 158 valence electrons. The number of urea groups is 1. The molecule has 7 heteroatoms. The molecule has 30 heavy (non-hydrogen) atoms. The number of benzene rings is 1. The van der Waals surface area contributed by atoms with Crippen molar-refractivity contribution in [1.29, 1.82) is 0 Å². The van der Waals surface area contributed by atoms with Crippen molar-refractivity contribution in [2.75, 3.05) is 12.3 Å². The molecular weight excluding hydrogens is 396 g/mol. The van der Waals surface area contributed by atoms with Crippen LogP contribution in [0.25, 0.3) is 0 Å². The minimum atomic E-state index is -0.0349. The maximum absolute atomic E-state index is 13.2. The van der Waals surface area contributed by atoms with E-state index < -0.39 is 0 Å². The summed E-state index contributed by atoms with van der Waals surface area (Å²) in [6.45, 7) is 1.60. The van der Waals surface area contributed by atoms with Crippen molar-refractivity contribution in [2.45, 2.75) is 55.6 Å². The van der Waals surface area contributed by atoms with Gasteiger partial charge in [-0.15, -0.1) is 0 Å². The van der Waals surface area contributed by atoms with Crippen molar-refractivity contribution in [3.63, 3.8) is 0 Å². The van der Waals surface area contributed by atoms with Gasteiger partial charge in [0.2, 0.25) is 5.91 Å². The second-order valence-corrected chi connectivity index (χ2v) is 9.67. The van der Waals surface area contributed by atoms with Crippen LogP contribution < -0.4 is 10.6 Å². The monoisotopic (exact) mass is 424 g/mol. The van der Waals surface area contributed by atoms with Crippen LogP contribution in [-0.2, 0) is 11.3 Å². The molecule has 0 aliphatic carbocycles. The van der Waals surface area contributed by atoms with Gasteiger partial charge < -0.3 is 20.1 Å². The van der Waals surface area contributed by atoms with E-state index in [-0.39, 0.29) is 30.1 Å². The molecule has 5 rings (SSSR count). The molecule has 0 unspecified atom stereocenters. The van der Waals surface area contributed by atoms with Gasteiger partial charge in [0, 0.05) is 42.4 Å². The number of nitrogens with zero attached hydrogens (tertiary/aromatic N) is 2. The Morgan fingerprint density at radius 1 is 1.07 bits per heavy atom. The van der Waals surface area contributed by atoms with Crippen LogP contribution in [0.1, 0.15) is 43.0 Å². The lowest BCUT2D eigenvalue weighted by Gasteiger charge is -2.37. The predicted molar refractivity (Wildman–Crippen MR) is 118 cm³/mol. The van der Waals surface area contributed by atoms with Crippen molar-refractivity contribution in [1.82, 2.24) is 20.1 Å². The zero-order chi connectivity index (χ0) is 20.5. The predicted octanol–water partition coefficient (Wildman–Crippen LogP) is 3.15. The number of nitrogens with one attached hydrogen (secondary N) is 2. The first-order chi connectivity index (χ1) is 14.7. The SMILES string of the molecule is O=C1N[C@H]2[C@H](CS[C@H]2CCCCC(=O)N2CCn3cccc3[C@@H]2c2ccccc2)N1. The van der Waals surface area contributed by atoms with E-state index in [2.05, 4.69) is 50.6 Å². The normalized spacial score (nSPS) is 27.3. The maximum atomic E-state index is 13.2. The summed E-state index contributed by atoms with van der Waals surface area (Å²) in [6.07, 6.45) is 5.65. The molecule has 0 spiro atoms. The summed E-state index contributed by atoms with van der Waals surface area (Å²) in [7, 11) is 0. The van der Waals surface area contributed by atoms with E-state index in [0.29, 0.717) is 11.7 Å². The van der Waals surface area contributed by atoms with Gasteiger partial charge in [-0.2, -0.15) is 11.8 Å². The summed E-state index contributed by atoms with van der Waals surface area (Å²) in [4.78, 5) is 26.8. The number of thioether (sulfide) groups is 1. The number of aromatic nitrogens is 1. The third-order valence-electron chi connectivity index (χ3n) is 6.54. The van der Waals surface area contributed by atoms with E-state index in [4.69, 9.17) is 0 Å². The second kappa shape index (κ2) is 8.38. The molecule has 3 aliphatic heterocycles. The van der Waals surface area contributed by atoms with Crippen LogP contribution in [0, 0.1) is 0 Å². The zero-order valence-corrected chi connectivity index (χ0v) is 17.8. The molecule has 1 aromatic carbocycles. The summed E-state index contributed by atoms with van der Waals surface area (Å²) >= 11 is 1.94. The van der Waals surface area contributed by atoms with Gasteiger partial charge in [0.1, 0.15) is 0 Å². The summed E-state index contributed by atoms with van der Waals surface area (Å²) in [5.41, 5.74) is 2.36. The number of rotatable bonds is 6. The molecule has 6 nitrogen and oxygen atoms in total. The van der Waals surface area contributed by atoms with Gasteiger partial charge >= 0.3 is 6.03 Å². The molecule has 2 fully saturated rings. The number of carbonyl (C=O) groups excluding carboxylic acids is 2. The van der Waals surface area contributed by atoms with Crippen molar-refractivity contribution in [3.8, 4) is 0 Å². The van der Waals surface area contributed by atoms with Gasteiger partial charge in [0.25, 0.3) is 0 Å². The number of hydrogen-bond donors (Lipinski definition) is 2. The summed E-state index contributed by atoms with van der Waals surface area (Å²) in [6, 6.07) is 15.0. The third-order valence-corrected chi connectivity index (χ3v) is 8.05. The fourth-order valence-electron chi connectivity index (χ4n) is 5.05. The minimum Gasteiger partial charge on any atom is -0.348 e. The molecule has 0 radical (unpaired) electrons. The van der Waals surface area contributed by atoms with Gasteiger partial charge in [-0.1, -0.05) is 36.8 Å². The zero-order valence-electron chi connectivity index (χ0n) is 17.0.